The molecule has 0 bridgehead atoms. The van der Waals surface area contributed by atoms with E-state index in [0.717, 1.165) is 12.3 Å². The molecule has 0 radical (unpaired) electrons. The number of likely N-dealkylation sites (tertiary alicyclic amines) is 1. The number of hydrogen-bond acceptors (Lipinski definition) is 2. The van der Waals surface area contributed by atoms with Crippen LogP contribution in [0.15, 0.2) is 30.3 Å². The summed E-state index contributed by atoms with van der Waals surface area (Å²) in [5, 5.41) is 3.18. The largest absolute Gasteiger partial charge is 0.484 e. The lowest BCUT2D eigenvalue weighted by atomic mass is 9.79. The van der Waals surface area contributed by atoms with Crippen LogP contribution in [-0.2, 0) is 4.79 Å². The molecular weight excluding hydrogens is 300 g/mol. The Bertz CT molecular complexity index is 506. The van der Waals surface area contributed by atoms with E-state index in [1.54, 1.807) is 4.90 Å². The number of rotatable bonds is 6. The highest BCUT2D eigenvalue weighted by Gasteiger charge is 2.42. The predicted molar refractivity (Wildman–Crippen MR) is 95.3 cm³/mol. The van der Waals surface area contributed by atoms with Crippen LogP contribution in [0, 0.1) is 0 Å². The van der Waals surface area contributed by atoms with Gasteiger partial charge in [0.2, 0.25) is 0 Å². The monoisotopic (exact) mass is 331 g/mol. The van der Waals surface area contributed by atoms with Crippen molar-refractivity contribution in [2.45, 2.75) is 56.9 Å². The van der Waals surface area contributed by atoms with E-state index in [2.05, 4.69) is 5.32 Å². The number of carbonyl (C=O) groups is 1. The van der Waals surface area contributed by atoms with Crippen LogP contribution in [0.5, 0.6) is 5.75 Å². The van der Waals surface area contributed by atoms with Gasteiger partial charge in [-0.1, -0.05) is 24.6 Å². The molecule has 2 fully saturated rings. The zero-order valence-electron chi connectivity index (χ0n) is 14.7. The third-order valence-corrected chi connectivity index (χ3v) is 5.75. The van der Waals surface area contributed by atoms with Crippen molar-refractivity contribution in [1.29, 1.82) is 0 Å². The van der Waals surface area contributed by atoms with Gasteiger partial charge in [0.05, 0.1) is 19.6 Å². The molecule has 2 N–H and O–H groups in total. The van der Waals surface area contributed by atoms with Gasteiger partial charge in [-0.3, -0.25) is 4.79 Å². The minimum Gasteiger partial charge on any atom is -0.484 e. The van der Waals surface area contributed by atoms with Crippen LogP contribution in [-0.4, -0.2) is 37.7 Å². The van der Waals surface area contributed by atoms with E-state index in [4.69, 9.17) is 4.74 Å². The van der Waals surface area contributed by atoms with Gasteiger partial charge in [0.25, 0.3) is 5.91 Å². The minimum atomic E-state index is 0.000195. The van der Waals surface area contributed by atoms with Crippen molar-refractivity contribution in [3.05, 3.63) is 30.3 Å². The van der Waals surface area contributed by atoms with Crippen molar-refractivity contribution in [2.24, 2.45) is 0 Å². The lowest BCUT2D eigenvalue weighted by Gasteiger charge is -2.45. The van der Waals surface area contributed by atoms with Crippen molar-refractivity contribution in [2.75, 3.05) is 26.2 Å². The quantitative estimate of drug-likeness (QED) is 0.837. The Morgan fingerprint density at radius 2 is 1.67 bits per heavy atom. The third kappa shape index (κ3) is 4.50. The second kappa shape index (κ2) is 8.52. The highest BCUT2D eigenvalue weighted by molar-refractivity contribution is 5.77. The van der Waals surface area contributed by atoms with Crippen molar-refractivity contribution in [3.8, 4) is 5.75 Å². The average molecular weight is 331 g/mol. The van der Waals surface area contributed by atoms with Gasteiger partial charge >= 0.3 is 0 Å². The minimum absolute atomic E-state index is 0.000195. The molecule has 0 spiro atoms. The van der Waals surface area contributed by atoms with Gasteiger partial charge in [0.15, 0.2) is 6.61 Å². The smallest absolute Gasteiger partial charge is 0.258 e. The molecular formula is C20H31N2O2+. The molecule has 2 aliphatic rings. The van der Waals surface area contributed by atoms with E-state index >= 15 is 0 Å². The summed E-state index contributed by atoms with van der Waals surface area (Å²) >= 11 is 0. The molecule has 24 heavy (non-hydrogen) atoms. The van der Waals surface area contributed by atoms with E-state index in [0.29, 0.717) is 0 Å². The van der Waals surface area contributed by atoms with Crippen LogP contribution in [0.2, 0.25) is 0 Å². The maximum absolute atomic E-state index is 12.2. The molecule has 4 heteroatoms. The molecule has 1 aromatic rings. The first-order valence-corrected chi connectivity index (χ1v) is 9.58. The van der Waals surface area contributed by atoms with Crippen LogP contribution in [0.3, 0.4) is 0 Å². The topological polar surface area (TPSA) is 42.8 Å². The van der Waals surface area contributed by atoms with Gasteiger partial charge in [-0.2, -0.15) is 0 Å². The zero-order chi connectivity index (χ0) is 16.7. The van der Waals surface area contributed by atoms with Crippen LogP contribution in [0.25, 0.3) is 0 Å². The van der Waals surface area contributed by atoms with Crippen LogP contribution in [0.1, 0.15) is 51.4 Å². The number of quaternary nitrogens is 1. The van der Waals surface area contributed by atoms with Crippen molar-refractivity contribution in [3.63, 3.8) is 0 Å². The molecule has 1 saturated heterocycles. The molecule has 1 aromatic carbocycles. The van der Waals surface area contributed by atoms with Crippen molar-refractivity contribution >= 4 is 5.91 Å². The van der Waals surface area contributed by atoms with Gasteiger partial charge in [-0.25, -0.2) is 0 Å². The summed E-state index contributed by atoms with van der Waals surface area (Å²) in [6, 6.07) is 9.55. The first kappa shape index (κ1) is 17.3. The number of amides is 1. The molecule has 0 aromatic heterocycles. The predicted octanol–water partition coefficient (Wildman–Crippen LogP) is 1.95. The van der Waals surface area contributed by atoms with E-state index in [1.165, 1.54) is 64.5 Å². The second-order valence-corrected chi connectivity index (χ2v) is 7.38. The Hall–Kier alpha value is -1.55. The first-order chi connectivity index (χ1) is 11.8. The fourth-order valence-corrected chi connectivity index (χ4v) is 4.38. The normalized spacial score (nSPS) is 21.2. The Kier molecular flexibility index (Phi) is 6.13. The Balaban J connectivity index is 1.52. The summed E-state index contributed by atoms with van der Waals surface area (Å²) < 4.78 is 5.57. The number of piperidine rings is 1. The van der Waals surface area contributed by atoms with Gasteiger partial charge in [0.1, 0.15) is 11.3 Å². The zero-order valence-corrected chi connectivity index (χ0v) is 14.7. The molecule has 132 valence electrons. The van der Waals surface area contributed by atoms with Crippen molar-refractivity contribution < 1.29 is 14.4 Å². The average Bonchev–Trinajstić information content (AvgIpc) is 2.67. The highest BCUT2D eigenvalue weighted by atomic mass is 16.5. The van der Waals surface area contributed by atoms with Crippen LogP contribution >= 0.6 is 0 Å². The first-order valence-electron chi connectivity index (χ1n) is 9.58. The van der Waals surface area contributed by atoms with E-state index in [-0.39, 0.29) is 18.1 Å². The van der Waals surface area contributed by atoms with Crippen molar-refractivity contribution in [1.82, 2.24) is 5.32 Å². The van der Waals surface area contributed by atoms with Gasteiger partial charge in [-0.15, -0.1) is 0 Å². The number of ether oxygens (including phenoxy) is 1. The number of hydrogen-bond donors (Lipinski definition) is 2. The summed E-state index contributed by atoms with van der Waals surface area (Å²) in [4.78, 5) is 14.0. The number of para-hydroxylation sites is 1. The standard InChI is InChI=1S/C20H30N2O2/c23-19(16-24-18-10-4-1-5-11-18)21-17-20(12-6-2-7-13-20)22-14-8-3-9-15-22/h1,4-5,10-11H,2-3,6-9,12-17H2,(H,21,23)/p+1. The van der Waals surface area contributed by atoms with Gasteiger partial charge < -0.3 is 15.0 Å². The Morgan fingerprint density at radius 1 is 1.00 bits per heavy atom. The maximum atomic E-state index is 12.2. The molecule has 1 aliphatic heterocycles. The summed E-state index contributed by atoms with van der Waals surface area (Å²) in [6.07, 6.45) is 10.5. The van der Waals surface area contributed by atoms with Gasteiger partial charge in [-0.05, 0) is 44.2 Å². The summed E-state index contributed by atoms with van der Waals surface area (Å²) in [7, 11) is 0. The molecule has 1 saturated carbocycles. The van der Waals surface area contributed by atoms with E-state index in [9.17, 15) is 4.79 Å². The number of benzene rings is 1. The summed E-state index contributed by atoms with van der Waals surface area (Å²) in [5.41, 5.74) is 0.265. The lowest BCUT2D eigenvalue weighted by molar-refractivity contribution is -0.957. The third-order valence-electron chi connectivity index (χ3n) is 5.75. The lowest BCUT2D eigenvalue weighted by Crippen LogP contribution is -3.22. The summed E-state index contributed by atoms with van der Waals surface area (Å²) in [5.74, 6) is 0.752. The van der Waals surface area contributed by atoms with E-state index < -0.39 is 0 Å². The molecule has 3 rings (SSSR count). The second-order valence-electron chi connectivity index (χ2n) is 7.38. The maximum Gasteiger partial charge on any atom is 0.258 e. The molecule has 4 nitrogen and oxygen atoms in total. The molecule has 0 atom stereocenters. The Morgan fingerprint density at radius 3 is 2.38 bits per heavy atom. The fraction of sp³-hybridized carbons (Fsp3) is 0.650. The Labute approximate surface area is 145 Å². The number of nitrogens with one attached hydrogen (secondary N) is 2. The molecule has 1 heterocycles. The molecule has 1 amide bonds. The fourth-order valence-electron chi connectivity index (χ4n) is 4.38. The molecule has 0 unspecified atom stereocenters. The highest BCUT2D eigenvalue weighted by Crippen LogP contribution is 2.26. The summed E-state index contributed by atoms with van der Waals surface area (Å²) in [6.45, 7) is 3.46. The van der Waals surface area contributed by atoms with Crippen LogP contribution in [0.4, 0.5) is 0 Å². The molecule has 1 aliphatic carbocycles. The van der Waals surface area contributed by atoms with Crippen LogP contribution < -0.4 is 15.0 Å². The van der Waals surface area contributed by atoms with E-state index in [1.807, 2.05) is 30.3 Å². The SMILES string of the molecule is O=C(COc1ccccc1)NCC1([NH+]2CCCCC2)CCCCC1. The van der Waals surface area contributed by atoms with Gasteiger partial charge in [0, 0.05) is 12.8 Å². The number of carbonyl (C=O) groups excluding carboxylic acids is 1.